The molecule has 0 amide bonds. The molecule has 3 aliphatic rings. The number of piperidine rings is 1. The molecule has 0 radical (unpaired) electrons. The van der Waals surface area contributed by atoms with Gasteiger partial charge in [-0.05, 0) is 74.0 Å². The van der Waals surface area contributed by atoms with Crippen LogP contribution in [0.5, 0.6) is 11.5 Å². The lowest BCUT2D eigenvalue weighted by atomic mass is 9.74. The Bertz CT molecular complexity index is 834. The van der Waals surface area contributed by atoms with Crippen LogP contribution >= 0.6 is 0 Å². The van der Waals surface area contributed by atoms with Crippen LogP contribution in [0.3, 0.4) is 0 Å². The molecular formula is C25H31NO2. The van der Waals surface area contributed by atoms with E-state index in [0.29, 0.717) is 5.75 Å². The van der Waals surface area contributed by atoms with Crippen LogP contribution in [0.2, 0.25) is 0 Å². The van der Waals surface area contributed by atoms with Crippen LogP contribution in [-0.4, -0.2) is 23.8 Å². The third-order valence-corrected chi connectivity index (χ3v) is 7.14. The van der Waals surface area contributed by atoms with Crippen molar-refractivity contribution in [2.24, 2.45) is 5.92 Å². The summed E-state index contributed by atoms with van der Waals surface area (Å²) in [5.74, 6) is 2.56. The van der Waals surface area contributed by atoms with Crippen molar-refractivity contribution in [1.29, 1.82) is 0 Å². The zero-order valence-corrected chi connectivity index (χ0v) is 16.6. The fourth-order valence-electron chi connectivity index (χ4n) is 5.61. The van der Waals surface area contributed by atoms with E-state index in [-0.39, 0.29) is 11.5 Å². The van der Waals surface area contributed by atoms with Crippen molar-refractivity contribution < 1.29 is 9.84 Å². The van der Waals surface area contributed by atoms with Crippen molar-refractivity contribution in [3.05, 3.63) is 59.2 Å². The average Bonchev–Trinajstić information content (AvgIpc) is 3.21. The predicted octanol–water partition coefficient (Wildman–Crippen LogP) is 5.16. The molecule has 2 aliphatic heterocycles. The van der Waals surface area contributed by atoms with Gasteiger partial charge in [-0.3, -0.25) is 0 Å². The second kappa shape index (κ2) is 7.44. The summed E-state index contributed by atoms with van der Waals surface area (Å²) < 4.78 is 6.75. The van der Waals surface area contributed by atoms with E-state index in [0.717, 1.165) is 44.0 Å². The first kappa shape index (κ1) is 18.1. The van der Waals surface area contributed by atoms with Gasteiger partial charge in [0, 0.05) is 11.5 Å². The third kappa shape index (κ3) is 3.53. The highest BCUT2D eigenvalue weighted by Crippen LogP contribution is 2.48. The van der Waals surface area contributed by atoms with Gasteiger partial charge in [0.2, 0.25) is 0 Å². The lowest BCUT2D eigenvalue weighted by Crippen LogP contribution is -2.49. The molecule has 1 saturated heterocycles. The van der Waals surface area contributed by atoms with Crippen LogP contribution in [0.1, 0.15) is 67.6 Å². The molecule has 1 aliphatic carbocycles. The van der Waals surface area contributed by atoms with Gasteiger partial charge in [0.25, 0.3) is 0 Å². The number of fused-ring (bicyclic) bond motifs is 1. The van der Waals surface area contributed by atoms with Crippen molar-refractivity contribution in [3.63, 3.8) is 0 Å². The Morgan fingerprint density at radius 3 is 2.64 bits per heavy atom. The van der Waals surface area contributed by atoms with Crippen molar-refractivity contribution in [3.8, 4) is 11.5 Å². The molecule has 2 aromatic rings. The maximum Gasteiger partial charge on any atom is 0.124 e. The second-order valence-corrected chi connectivity index (χ2v) is 9.11. The molecule has 1 atom stereocenters. The van der Waals surface area contributed by atoms with Gasteiger partial charge >= 0.3 is 0 Å². The quantitative estimate of drug-likeness (QED) is 0.776. The Balaban J connectivity index is 1.51. The lowest BCUT2D eigenvalue weighted by Gasteiger charge is -2.45. The number of aromatic hydroxyl groups is 1. The standard InChI is InChI=1S/C25H31NO2/c27-21-7-3-6-20(16-21)23-17-25(10-12-26-13-11-25)28-24-15-19(8-9-22(23)24)14-18-4-1-2-5-18/h3,6-9,15-16,18,23,26-27H,1-2,4-5,10-14,17H2. The fraction of sp³-hybridized carbons (Fsp3) is 0.520. The summed E-state index contributed by atoms with van der Waals surface area (Å²) in [6.45, 7) is 2.04. The molecule has 2 N–H and O–H groups in total. The van der Waals surface area contributed by atoms with E-state index in [4.69, 9.17) is 4.74 Å². The van der Waals surface area contributed by atoms with Gasteiger partial charge in [-0.1, -0.05) is 49.9 Å². The monoisotopic (exact) mass is 377 g/mol. The third-order valence-electron chi connectivity index (χ3n) is 7.14. The zero-order chi connectivity index (χ0) is 19.0. The van der Waals surface area contributed by atoms with E-state index < -0.39 is 0 Å². The predicted molar refractivity (Wildman–Crippen MR) is 112 cm³/mol. The molecule has 28 heavy (non-hydrogen) atoms. The molecule has 3 nitrogen and oxygen atoms in total. The van der Waals surface area contributed by atoms with Gasteiger partial charge in [-0.25, -0.2) is 0 Å². The molecule has 2 heterocycles. The van der Waals surface area contributed by atoms with Crippen LogP contribution in [0.4, 0.5) is 0 Å². The van der Waals surface area contributed by atoms with Crippen molar-refractivity contribution in [2.45, 2.75) is 62.9 Å². The van der Waals surface area contributed by atoms with Crippen LogP contribution in [0, 0.1) is 5.92 Å². The number of hydrogen-bond donors (Lipinski definition) is 2. The summed E-state index contributed by atoms with van der Waals surface area (Å²) in [5, 5.41) is 13.5. The van der Waals surface area contributed by atoms with Crippen molar-refractivity contribution in [2.75, 3.05) is 13.1 Å². The minimum absolute atomic E-state index is 0.0830. The highest BCUT2D eigenvalue weighted by molar-refractivity contribution is 5.48. The normalized spacial score (nSPS) is 24.1. The molecule has 0 bridgehead atoms. The van der Waals surface area contributed by atoms with Crippen LogP contribution in [0.25, 0.3) is 0 Å². The molecule has 3 heteroatoms. The molecule has 2 fully saturated rings. The van der Waals surface area contributed by atoms with Gasteiger partial charge in [0.15, 0.2) is 0 Å². The fourth-order valence-corrected chi connectivity index (χ4v) is 5.61. The van der Waals surface area contributed by atoms with Gasteiger partial charge in [-0.2, -0.15) is 0 Å². The van der Waals surface area contributed by atoms with E-state index in [1.165, 1.54) is 48.8 Å². The van der Waals surface area contributed by atoms with Crippen molar-refractivity contribution >= 4 is 0 Å². The van der Waals surface area contributed by atoms with Crippen molar-refractivity contribution in [1.82, 2.24) is 5.32 Å². The Hall–Kier alpha value is -2.00. The maximum absolute atomic E-state index is 10.1. The summed E-state index contributed by atoms with van der Waals surface area (Å²) in [6, 6.07) is 14.7. The number of rotatable bonds is 3. The first-order chi connectivity index (χ1) is 13.7. The summed E-state index contributed by atoms with van der Waals surface area (Å²) in [5.41, 5.74) is 3.82. The number of nitrogens with one attached hydrogen (secondary N) is 1. The largest absolute Gasteiger partial charge is 0.508 e. The van der Waals surface area contributed by atoms with E-state index >= 15 is 0 Å². The maximum atomic E-state index is 10.1. The first-order valence-electron chi connectivity index (χ1n) is 11.0. The van der Waals surface area contributed by atoms with Crippen LogP contribution in [-0.2, 0) is 6.42 Å². The summed E-state index contributed by atoms with van der Waals surface area (Å²) in [7, 11) is 0. The summed E-state index contributed by atoms with van der Waals surface area (Å²) in [4.78, 5) is 0. The number of phenolic OH excluding ortho intramolecular Hbond substituents is 1. The zero-order valence-electron chi connectivity index (χ0n) is 16.6. The highest BCUT2D eigenvalue weighted by atomic mass is 16.5. The first-order valence-corrected chi connectivity index (χ1v) is 11.0. The number of hydrogen-bond acceptors (Lipinski definition) is 3. The van der Waals surface area contributed by atoms with E-state index in [9.17, 15) is 5.11 Å². The minimum atomic E-state index is -0.0830. The van der Waals surface area contributed by atoms with Gasteiger partial charge in [-0.15, -0.1) is 0 Å². The summed E-state index contributed by atoms with van der Waals surface area (Å²) in [6.07, 6.45) is 9.81. The minimum Gasteiger partial charge on any atom is -0.508 e. The Morgan fingerprint density at radius 1 is 1.04 bits per heavy atom. The topological polar surface area (TPSA) is 41.5 Å². The van der Waals surface area contributed by atoms with Gasteiger partial charge < -0.3 is 15.2 Å². The van der Waals surface area contributed by atoms with E-state index in [1.54, 1.807) is 6.07 Å². The number of phenols is 1. The summed E-state index contributed by atoms with van der Waals surface area (Å²) >= 11 is 0. The Labute approximate surface area is 168 Å². The average molecular weight is 378 g/mol. The molecule has 2 aromatic carbocycles. The smallest absolute Gasteiger partial charge is 0.124 e. The van der Waals surface area contributed by atoms with E-state index in [2.05, 4.69) is 29.6 Å². The molecule has 1 unspecified atom stereocenters. The molecule has 5 rings (SSSR count). The van der Waals surface area contributed by atoms with Crippen LogP contribution in [0.15, 0.2) is 42.5 Å². The molecule has 1 saturated carbocycles. The highest BCUT2D eigenvalue weighted by Gasteiger charge is 2.42. The molecule has 148 valence electrons. The SMILES string of the molecule is Oc1cccc(C2CC3(CCNCC3)Oc3cc(CC4CCCC4)ccc32)c1. The lowest BCUT2D eigenvalue weighted by molar-refractivity contribution is 0.0113. The Morgan fingerprint density at radius 2 is 1.86 bits per heavy atom. The second-order valence-electron chi connectivity index (χ2n) is 9.11. The number of ether oxygens (including phenoxy) is 1. The van der Waals surface area contributed by atoms with E-state index in [1.807, 2.05) is 12.1 Å². The van der Waals surface area contributed by atoms with Gasteiger partial charge in [0.1, 0.15) is 17.1 Å². The molecule has 1 spiro atoms. The van der Waals surface area contributed by atoms with Crippen LogP contribution < -0.4 is 10.1 Å². The van der Waals surface area contributed by atoms with Gasteiger partial charge in [0.05, 0.1) is 0 Å². The Kier molecular flexibility index (Phi) is 4.80. The number of benzene rings is 2. The molecular weight excluding hydrogens is 346 g/mol. The molecule has 0 aromatic heterocycles.